The van der Waals surface area contributed by atoms with Crippen molar-refractivity contribution in [3.05, 3.63) is 35.9 Å². The molecule has 1 atom stereocenters. The van der Waals surface area contributed by atoms with Crippen molar-refractivity contribution in [1.29, 1.82) is 0 Å². The zero-order valence-electron chi connectivity index (χ0n) is 12.4. The summed E-state index contributed by atoms with van der Waals surface area (Å²) < 4.78 is 0. The zero-order valence-corrected chi connectivity index (χ0v) is 12.4. The zero-order chi connectivity index (χ0) is 15.1. The van der Waals surface area contributed by atoms with E-state index in [1.807, 2.05) is 30.3 Å². The van der Waals surface area contributed by atoms with Gasteiger partial charge in [0.25, 0.3) is 0 Å². The quantitative estimate of drug-likeness (QED) is 0.656. The van der Waals surface area contributed by atoms with Gasteiger partial charge in [-0.1, -0.05) is 30.3 Å². The van der Waals surface area contributed by atoms with Gasteiger partial charge in [0.05, 0.1) is 0 Å². The molecule has 1 aliphatic carbocycles. The Morgan fingerprint density at radius 3 is 2.57 bits per heavy atom. The van der Waals surface area contributed by atoms with Crippen LogP contribution in [-0.4, -0.2) is 37.5 Å². The third-order valence-electron chi connectivity index (χ3n) is 3.46. The lowest BCUT2D eigenvalue weighted by Crippen LogP contribution is -2.49. The Kier molecular flexibility index (Phi) is 5.75. The van der Waals surface area contributed by atoms with Crippen molar-refractivity contribution in [3.8, 4) is 0 Å². The largest absolute Gasteiger partial charge is 0.352 e. The highest BCUT2D eigenvalue weighted by molar-refractivity contribution is 5.88. The van der Waals surface area contributed by atoms with Gasteiger partial charge in [-0.15, -0.1) is 0 Å². The molecule has 1 aromatic rings. The van der Waals surface area contributed by atoms with Crippen LogP contribution < -0.4 is 16.0 Å². The van der Waals surface area contributed by atoms with Gasteiger partial charge in [-0.2, -0.15) is 0 Å². The minimum atomic E-state index is -0.502. The van der Waals surface area contributed by atoms with Crippen LogP contribution in [-0.2, 0) is 16.0 Å². The van der Waals surface area contributed by atoms with Gasteiger partial charge in [-0.3, -0.25) is 9.59 Å². The van der Waals surface area contributed by atoms with E-state index < -0.39 is 6.04 Å². The van der Waals surface area contributed by atoms with Gasteiger partial charge in [0, 0.05) is 25.4 Å². The third kappa shape index (κ3) is 5.55. The van der Waals surface area contributed by atoms with Crippen LogP contribution in [0, 0.1) is 0 Å². The summed E-state index contributed by atoms with van der Waals surface area (Å²) in [5, 5.41) is 8.74. The van der Waals surface area contributed by atoms with E-state index in [1.165, 1.54) is 0 Å². The summed E-state index contributed by atoms with van der Waals surface area (Å²) in [7, 11) is 1.80. The van der Waals surface area contributed by atoms with Crippen molar-refractivity contribution in [3.63, 3.8) is 0 Å². The van der Waals surface area contributed by atoms with Crippen LogP contribution in [0.4, 0.5) is 0 Å². The molecule has 2 rings (SSSR count). The first kappa shape index (κ1) is 15.5. The highest BCUT2D eigenvalue weighted by Crippen LogP contribution is 2.19. The number of amides is 2. The van der Waals surface area contributed by atoms with Crippen molar-refractivity contribution in [1.82, 2.24) is 16.0 Å². The predicted molar refractivity (Wildman–Crippen MR) is 81.8 cm³/mol. The third-order valence-corrected chi connectivity index (χ3v) is 3.46. The van der Waals surface area contributed by atoms with Crippen molar-refractivity contribution < 1.29 is 9.59 Å². The fourth-order valence-corrected chi connectivity index (χ4v) is 2.09. The molecular formula is C16H23N3O2. The van der Waals surface area contributed by atoms with E-state index in [1.54, 1.807) is 7.05 Å². The molecule has 0 spiro atoms. The second-order valence-corrected chi connectivity index (χ2v) is 5.45. The van der Waals surface area contributed by atoms with E-state index in [-0.39, 0.29) is 11.8 Å². The van der Waals surface area contributed by atoms with Gasteiger partial charge in [-0.05, 0) is 25.5 Å². The Morgan fingerprint density at radius 2 is 1.95 bits per heavy atom. The molecule has 1 aliphatic rings. The van der Waals surface area contributed by atoms with E-state index in [2.05, 4.69) is 16.0 Å². The number of hydrogen-bond donors (Lipinski definition) is 3. The molecule has 1 aromatic carbocycles. The van der Waals surface area contributed by atoms with Crippen LogP contribution in [0.5, 0.6) is 0 Å². The fraction of sp³-hybridized carbons (Fsp3) is 0.500. The molecule has 1 unspecified atom stereocenters. The second-order valence-electron chi connectivity index (χ2n) is 5.45. The smallest absolute Gasteiger partial charge is 0.243 e. The summed E-state index contributed by atoms with van der Waals surface area (Å²) in [6.07, 6.45) is 2.97. The Labute approximate surface area is 125 Å². The first-order valence-corrected chi connectivity index (χ1v) is 7.47. The Balaban J connectivity index is 1.95. The minimum absolute atomic E-state index is 0.0841. The summed E-state index contributed by atoms with van der Waals surface area (Å²) in [5.41, 5.74) is 1.04. The van der Waals surface area contributed by atoms with Gasteiger partial charge in [-0.25, -0.2) is 0 Å². The summed E-state index contributed by atoms with van der Waals surface area (Å²) >= 11 is 0. The number of nitrogens with one attached hydrogen (secondary N) is 3. The van der Waals surface area contributed by atoms with Gasteiger partial charge in [0.1, 0.15) is 6.04 Å². The molecular weight excluding hydrogens is 266 g/mol. The monoisotopic (exact) mass is 289 g/mol. The van der Waals surface area contributed by atoms with E-state index in [0.717, 1.165) is 18.4 Å². The summed E-state index contributed by atoms with van der Waals surface area (Å²) in [4.78, 5) is 24.1. The molecule has 3 N–H and O–H groups in total. The maximum absolute atomic E-state index is 12.3. The molecule has 5 heteroatoms. The van der Waals surface area contributed by atoms with E-state index >= 15 is 0 Å². The molecule has 0 radical (unpaired) electrons. The molecule has 5 nitrogen and oxygen atoms in total. The molecule has 0 saturated heterocycles. The maximum Gasteiger partial charge on any atom is 0.243 e. The van der Waals surface area contributed by atoms with Gasteiger partial charge in [0.15, 0.2) is 0 Å². The highest BCUT2D eigenvalue weighted by Gasteiger charge is 2.28. The van der Waals surface area contributed by atoms with Crippen LogP contribution in [0.15, 0.2) is 30.3 Å². The van der Waals surface area contributed by atoms with Gasteiger partial charge in [0.2, 0.25) is 11.8 Å². The first-order valence-electron chi connectivity index (χ1n) is 7.47. The number of benzene rings is 1. The van der Waals surface area contributed by atoms with Crippen LogP contribution in [0.25, 0.3) is 0 Å². The van der Waals surface area contributed by atoms with Crippen LogP contribution in [0.1, 0.15) is 24.8 Å². The van der Waals surface area contributed by atoms with Gasteiger partial charge < -0.3 is 16.0 Å². The number of hydrogen-bond acceptors (Lipinski definition) is 3. The Hall–Kier alpha value is -1.88. The number of rotatable bonds is 8. The molecule has 2 amide bonds. The molecule has 0 aromatic heterocycles. The molecule has 1 fully saturated rings. The van der Waals surface area contributed by atoms with Crippen LogP contribution in [0.3, 0.4) is 0 Å². The summed E-state index contributed by atoms with van der Waals surface area (Å²) in [6.45, 7) is 0.605. The van der Waals surface area contributed by atoms with Crippen molar-refractivity contribution in [2.45, 2.75) is 37.8 Å². The summed E-state index contributed by atoms with van der Waals surface area (Å²) in [6, 6.07) is 9.55. The number of carbonyl (C=O) groups is 2. The topological polar surface area (TPSA) is 70.2 Å². The SMILES string of the molecule is CNCCC(=O)NC(Cc1ccccc1)C(=O)NC1CC1. The molecule has 0 heterocycles. The number of carbonyl (C=O) groups excluding carboxylic acids is 2. The predicted octanol–water partition coefficient (Wildman–Crippen LogP) is 0.602. The van der Waals surface area contributed by atoms with Crippen LogP contribution in [0.2, 0.25) is 0 Å². The van der Waals surface area contributed by atoms with Crippen molar-refractivity contribution in [2.75, 3.05) is 13.6 Å². The maximum atomic E-state index is 12.3. The minimum Gasteiger partial charge on any atom is -0.352 e. The van der Waals surface area contributed by atoms with Crippen LogP contribution >= 0.6 is 0 Å². The fourth-order valence-electron chi connectivity index (χ4n) is 2.09. The first-order chi connectivity index (χ1) is 10.2. The molecule has 21 heavy (non-hydrogen) atoms. The Bertz CT molecular complexity index is 472. The van der Waals surface area contributed by atoms with Crippen molar-refractivity contribution in [2.24, 2.45) is 0 Å². The van der Waals surface area contributed by atoms with Gasteiger partial charge >= 0.3 is 0 Å². The molecule has 0 bridgehead atoms. The Morgan fingerprint density at radius 1 is 1.24 bits per heavy atom. The lowest BCUT2D eigenvalue weighted by Gasteiger charge is -2.18. The van der Waals surface area contributed by atoms with E-state index in [9.17, 15) is 9.59 Å². The molecule has 0 aliphatic heterocycles. The average molecular weight is 289 g/mol. The van der Waals surface area contributed by atoms with Crippen molar-refractivity contribution >= 4 is 11.8 Å². The normalized spacial score (nSPS) is 15.3. The lowest BCUT2D eigenvalue weighted by molar-refractivity contribution is -0.129. The molecule has 114 valence electrons. The van der Waals surface area contributed by atoms with E-state index in [4.69, 9.17) is 0 Å². The highest BCUT2D eigenvalue weighted by atomic mass is 16.2. The second kappa shape index (κ2) is 7.78. The molecule has 1 saturated carbocycles. The standard InChI is InChI=1S/C16H23N3O2/c1-17-10-9-15(20)19-14(16(21)18-13-7-8-13)11-12-5-3-2-4-6-12/h2-6,13-14,17H,7-11H2,1H3,(H,18,21)(H,19,20). The average Bonchev–Trinajstić information content (AvgIpc) is 3.29. The van der Waals surface area contributed by atoms with E-state index in [0.29, 0.717) is 25.4 Å². The summed E-state index contributed by atoms with van der Waals surface area (Å²) in [5.74, 6) is -0.185. The lowest BCUT2D eigenvalue weighted by atomic mass is 10.0.